The van der Waals surface area contributed by atoms with Crippen LogP contribution in [0.2, 0.25) is 0 Å². The van der Waals surface area contributed by atoms with E-state index in [2.05, 4.69) is 10.6 Å². The van der Waals surface area contributed by atoms with Crippen molar-refractivity contribution in [1.82, 2.24) is 10.6 Å². The summed E-state index contributed by atoms with van der Waals surface area (Å²) in [5.41, 5.74) is 3.30. The van der Waals surface area contributed by atoms with Gasteiger partial charge in [0.25, 0.3) is 0 Å². The Morgan fingerprint density at radius 3 is 2.92 bits per heavy atom. The van der Waals surface area contributed by atoms with E-state index in [1.54, 1.807) is 19.4 Å². The summed E-state index contributed by atoms with van der Waals surface area (Å²) in [6.45, 7) is 4.84. The largest absolute Gasteiger partial charge is 0.490 e. The number of furan rings is 1. The predicted molar refractivity (Wildman–Crippen MR) is 89.1 cm³/mol. The average Bonchev–Trinajstić information content (AvgIpc) is 3.21. The third-order valence-electron chi connectivity index (χ3n) is 4.31. The van der Waals surface area contributed by atoms with Crippen molar-refractivity contribution in [2.75, 3.05) is 20.3 Å². The van der Waals surface area contributed by atoms with Crippen molar-refractivity contribution in [3.63, 3.8) is 0 Å². The summed E-state index contributed by atoms with van der Waals surface area (Å²) in [5, 5.41) is 5.84. The first-order valence-corrected chi connectivity index (χ1v) is 7.92. The van der Waals surface area contributed by atoms with Crippen LogP contribution in [0.5, 0.6) is 5.75 Å². The van der Waals surface area contributed by atoms with E-state index >= 15 is 0 Å². The van der Waals surface area contributed by atoms with Gasteiger partial charge in [0.1, 0.15) is 24.2 Å². The summed E-state index contributed by atoms with van der Waals surface area (Å²) in [6.07, 6.45) is 1.57. The minimum absolute atomic E-state index is 0.168. The molecule has 2 aromatic rings. The average molecular weight is 330 g/mol. The number of aryl methyl sites for hydroxylation is 1. The number of nitrogens with one attached hydrogen (secondary N) is 2. The van der Waals surface area contributed by atoms with Crippen molar-refractivity contribution in [2.24, 2.45) is 0 Å². The number of carbonyl (C=O) groups excluding carboxylic acids is 1. The standard InChI is InChI=1S/C18H22N2O4/c1-11-6-7-13-14(10-24-17(13)12(11)2)19-18(21)20-15(9-22-3)16-5-4-8-23-16/h4-8,14-15H,9-10H2,1-3H3,(H2,19,20,21)/t14-,15-/m1/s1. The smallest absolute Gasteiger partial charge is 0.316 e. The van der Waals surface area contributed by atoms with Crippen LogP contribution in [0.4, 0.5) is 4.79 Å². The van der Waals surface area contributed by atoms with Gasteiger partial charge in [-0.15, -0.1) is 0 Å². The van der Waals surface area contributed by atoms with Crippen molar-refractivity contribution >= 4 is 6.03 Å². The number of benzene rings is 1. The Kier molecular flexibility index (Phi) is 4.76. The van der Waals surface area contributed by atoms with E-state index in [-0.39, 0.29) is 18.1 Å². The maximum absolute atomic E-state index is 12.4. The molecule has 1 aromatic carbocycles. The van der Waals surface area contributed by atoms with Gasteiger partial charge in [0, 0.05) is 12.7 Å². The van der Waals surface area contributed by atoms with Crippen LogP contribution in [-0.4, -0.2) is 26.4 Å². The van der Waals surface area contributed by atoms with E-state index in [0.29, 0.717) is 19.0 Å². The Hall–Kier alpha value is -2.47. The van der Waals surface area contributed by atoms with E-state index in [1.807, 2.05) is 32.0 Å². The fraction of sp³-hybridized carbons (Fsp3) is 0.389. The van der Waals surface area contributed by atoms with Gasteiger partial charge in [0.2, 0.25) is 0 Å². The summed E-state index contributed by atoms with van der Waals surface area (Å²) in [5.74, 6) is 1.53. The van der Waals surface area contributed by atoms with Crippen molar-refractivity contribution in [2.45, 2.75) is 25.9 Å². The molecule has 24 heavy (non-hydrogen) atoms. The molecule has 1 aliphatic rings. The van der Waals surface area contributed by atoms with Gasteiger partial charge in [-0.2, -0.15) is 0 Å². The molecule has 1 aliphatic heterocycles. The third-order valence-corrected chi connectivity index (χ3v) is 4.31. The quantitative estimate of drug-likeness (QED) is 0.884. The monoisotopic (exact) mass is 330 g/mol. The number of ether oxygens (including phenoxy) is 2. The molecular weight excluding hydrogens is 308 g/mol. The van der Waals surface area contributed by atoms with Gasteiger partial charge in [0.05, 0.1) is 18.9 Å². The van der Waals surface area contributed by atoms with Crippen LogP contribution in [-0.2, 0) is 4.74 Å². The van der Waals surface area contributed by atoms with E-state index in [9.17, 15) is 4.79 Å². The van der Waals surface area contributed by atoms with Crippen molar-refractivity contribution < 1.29 is 18.7 Å². The molecule has 2 N–H and O–H groups in total. The van der Waals surface area contributed by atoms with Gasteiger partial charge in [0.15, 0.2) is 0 Å². The van der Waals surface area contributed by atoms with Crippen LogP contribution in [0.25, 0.3) is 0 Å². The highest BCUT2D eigenvalue weighted by atomic mass is 16.5. The van der Waals surface area contributed by atoms with Crippen molar-refractivity contribution in [3.05, 3.63) is 53.0 Å². The first-order chi connectivity index (χ1) is 11.6. The molecule has 2 heterocycles. The van der Waals surface area contributed by atoms with Crippen LogP contribution >= 0.6 is 0 Å². The van der Waals surface area contributed by atoms with Crippen LogP contribution in [0, 0.1) is 13.8 Å². The molecule has 3 rings (SSSR count). The van der Waals surface area contributed by atoms with Gasteiger partial charge in [-0.25, -0.2) is 4.79 Å². The van der Waals surface area contributed by atoms with Gasteiger partial charge in [-0.05, 0) is 37.1 Å². The normalized spacial score (nSPS) is 17.0. The number of rotatable bonds is 5. The lowest BCUT2D eigenvalue weighted by atomic mass is 10.0. The molecule has 0 aliphatic carbocycles. The number of amides is 2. The van der Waals surface area contributed by atoms with Crippen molar-refractivity contribution in [3.8, 4) is 5.75 Å². The van der Waals surface area contributed by atoms with Gasteiger partial charge >= 0.3 is 6.03 Å². The Morgan fingerprint density at radius 1 is 1.38 bits per heavy atom. The second kappa shape index (κ2) is 6.97. The Morgan fingerprint density at radius 2 is 2.21 bits per heavy atom. The van der Waals surface area contributed by atoms with Crippen LogP contribution in [0.1, 0.15) is 34.5 Å². The lowest BCUT2D eigenvalue weighted by Crippen LogP contribution is -2.41. The lowest BCUT2D eigenvalue weighted by molar-refractivity contribution is 0.156. The third kappa shape index (κ3) is 3.23. The highest BCUT2D eigenvalue weighted by Gasteiger charge is 2.28. The number of methoxy groups -OCH3 is 1. The zero-order valence-electron chi connectivity index (χ0n) is 14.1. The number of hydrogen-bond acceptors (Lipinski definition) is 4. The van der Waals surface area contributed by atoms with E-state index in [4.69, 9.17) is 13.9 Å². The number of fused-ring (bicyclic) bond motifs is 1. The maximum atomic E-state index is 12.4. The molecule has 2 amide bonds. The Balaban J connectivity index is 1.67. The molecule has 1 aromatic heterocycles. The molecule has 128 valence electrons. The fourth-order valence-electron chi connectivity index (χ4n) is 2.86. The molecule has 6 heteroatoms. The molecule has 0 radical (unpaired) electrons. The SMILES string of the molecule is COC[C@@H](NC(=O)N[C@@H]1COc2c1ccc(C)c2C)c1ccco1. The van der Waals surface area contributed by atoms with E-state index in [0.717, 1.165) is 16.9 Å². The molecule has 0 fully saturated rings. The molecule has 0 bridgehead atoms. The summed E-state index contributed by atoms with van der Waals surface area (Å²) in [7, 11) is 1.59. The zero-order chi connectivity index (χ0) is 17.1. The maximum Gasteiger partial charge on any atom is 0.316 e. The molecule has 0 spiro atoms. The van der Waals surface area contributed by atoms with E-state index in [1.165, 1.54) is 5.56 Å². The number of hydrogen-bond donors (Lipinski definition) is 2. The molecular formula is C18H22N2O4. The summed E-state index contributed by atoms with van der Waals surface area (Å²) < 4.78 is 16.3. The first kappa shape index (κ1) is 16.4. The van der Waals surface area contributed by atoms with E-state index < -0.39 is 0 Å². The van der Waals surface area contributed by atoms with Crippen LogP contribution < -0.4 is 15.4 Å². The number of carbonyl (C=O) groups is 1. The Labute approximate surface area is 141 Å². The zero-order valence-corrected chi connectivity index (χ0v) is 14.1. The Bertz CT molecular complexity index is 712. The van der Waals surface area contributed by atoms with Crippen LogP contribution in [0.3, 0.4) is 0 Å². The van der Waals surface area contributed by atoms with Gasteiger partial charge in [-0.3, -0.25) is 0 Å². The fourth-order valence-corrected chi connectivity index (χ4v) is 2.86. The summed E-state index contributed by atoms with van der Waals surface area (Å²) in [6, 6.07) is 6.85. The summed E-state index contributed by atoms with van der Waals surface area (Å²) in [4.78, 5) is 12.4. The highest BCUT2D eigenvalue weighted by Crippen LogP contribution is 2.36. The highest BCUT2D eigenvalue weighted by molar-refractivity contribution is 5.75. The summed E-state index contributed by atoms with van der Waals surface area (Å²) >= 11 is 0. The molecule has 0 saturated heterocycles. The van der Waals surface area contributed by atoms with Gasteiger partial charge < -0.3 is 24.5 Å². The minimum atomic E-state index is -0.341. The predicted octanol–water partition coefficient (Wildman–Crippen LogP) is 3.02. The van der Waals surface area contributed by atoms with Gasteiger partial charge in [-0.1, -0.05) is 12.1 Å². The molecule has 0 unspecified atom stereocenters. The topological polar surface area (TPSA) is 72.7 Å². The lowest BCUT2D eigenvalue weighted by Gasteiger charge is -2.18. The minimum Gasteiger partial charge on any atom is -0.490 e. The van der Waals surface area contributed by atoms with Crippen molar-refractivity contribution in [1.29, 1.82) is 0 Å². The molecule has 6 nitrogen and oxygen atoms in total. The second-order valence-electron chi connectivity index (χ2n) is 5.93. The first-order valence-electron chi connectivity index (χ1n) is 7.92. The molecule has 0 saturated carbocycles. The molecule has 2 atom stereocenters. The van der Waals surface area contributed by atoms with Crippen LogP contribution in [0.15, 0.2) is 34.9 Å². The number of urea groups is 1. The second-order valence-corrected chi connectivity index (χ2v) is 5.93.